The van der Waals surface area contributed by atoms with Gasteiger partial charge in [0.1, 0.15) is 12.4 Å². The van der Waals surface area contributed by atoms with Crippen molar-refractivity contribution in [3.05, 3.63) is 35.9 Å². The fourth-order valence-corrected chi connectivity index (χ4v) is 2.57. The van der Waals surface area contributed by atoms with Gasteiger partial charge in [-0.2, -0.15) is 0 Å². The van der Waals surface area contributed by atoms with Crippen molar-refractivity contribution in [2.45, 2.75) is 33.8 Å². The summed E-state index contributed by atoms with van der Waals surface area (Å²) in [4.78, 5) is 24.4. The Labute approximate surface area is 133 Å². The van der Waals surface area contributed by atoms with Gasteiger partial charge in [-0.1, -0.05) is 44.2 Å². The fraction of sp³-hybridized carbons (Fsp3) is 0.556. The van der Waals surface area contributed by atoms with E-state index in [1.165, 1.54) is 0 Å². The van der Waals surface area contributed by atoms with E-state index in [4.69, 9.17) is 4.74 Å². The summed E-state index contributed by atoms with van der Waals surface area (Å²) in [5.41, 5.74) is 0.947. The zero-order valence-electron chi connectivity index (χ0n) is 14.0. The highest BCUT2D eigenvalue weighted by Crippen LogP contribution is 2.23. The molecule has 2 atom stereocenters. The third kappa shape index (κ3) is 5.98. The number of Topliss-reactive ketones (excluding diaryl/α,β-unsaturated/α-hetero) is 1. The van der Waals surface area contributed by atoms with Gasteiger partial charge in [0.05, 0.1) is 5.92 Å². The van der Waals surface area contributed by atoms with E-state index in [1.807, 2.05) is 30.3 Å². The van der Waals surface area contributed by atoms with Crippen LogP contribution in [-0.4, -0.2) is 25.3 Å². The molecule has 0 heterocycles. The van der Waals surface area contributed by atoms with Crippen LogP contribution in [0.1, 0.15) is 32.8 Å². The lowest BCUT2D eigenvalue weighted by Gasteiger charge is -2.25. The van der Waals surface area contributed by atoms with Crippen LogP contribution in [0.3, 0.4) is 0 Å². The largest absolute Gasteiger partial charge is 0.461 e. The van der Waals surface area contributed by atoms with Crippen LogP contribution >= 0.6 is 0 Å². The monoisotopic (exact) mass is 305 g/mol. The number of hydrogen-bond acceptors (Lipinski definition) is 4. The Morgan fingerprint density at radius 1 is 1.14 bits per heavy atom. The maximum atomic E-state index is 12.4. The highest BCUT2D eigenvalue weighted by atomic mass is 16.5. The maximum Gasteiger partial charge on any atom is 0.311 e. The molecule has 0 spiro atoms. The van der Waals surface area contributed by atoms with Gasteiger partial charge < -0.3 is 10.1 Å². The topological polar surface area (TPSA) is 55.4 Å². The molecule has 1 rings (SSSR count). The van der Waals surface area contributed by atoms with E-state index in [-0.39, 0.29) is 24.3 Å². The number of carbonyl (C=O) groups is 2. The van der Waals surface area contributed by atoms with Crippen molar-refractivity contribution in [3.63, 3.8) is 0 Å². The van der Waals surface area contributed by atoms with E-state index in [9.17, 15) is 9.59 Å². The van der Waals surface area contributed by atoms with E-state index >= 15 is 0 Å². The second kappa shape index (κ2) is 9.36. The van der Waals surface area contributed by atoms with Crippen LogP contribution in [0, 0.1) is 17.8 Å². The average molecular weight is 305 g/mol. The van der Waals surface area contributed by atoms with E-state index in [1.54, 1.807) is 14.0 Å². The zero-order valence-corrected chi connectivity index (χ0v) is 14.0. The molecule has 0 saturated carbocycles. The molecule has 0 saturated heterocycles. The Hall–Kier alpha value is -1.68. The Kier molecular flexibility index (Phi) is 7.82. The molecule has 0 unspecified atom stereocenters. The van der Waals surface area contributed by atoms with Gasteiger partial charge in [0.15, 0.2) is 0 Å². The van der Waals surface area contributed by atoms with E-state index in [0.29, 0.717) is 18.9 Å². The standard InChI is InChI=1S/C18H27NO3/c1-13(2)10-16(14(3)20)17(11-19-4)18(21)22-12-15-8-6-5-7-9-15/h5-9,13,16-17,19H,10-12H2,1-4H3/t16-,17-/m0/s1. The van der Waals surface area contributed by atoms with Crippen molar-refractivity contribution >= 4 is 11.8 Å². The van der Waals surface area contributed by atoms with Crippen molar-refractivity contribution in [1.29, 1.82) is 0 Å². The van der Waals surface area contributed by atoms with Gasteiger partial charge in [-0.15, -0.1) is 0 Å². The summed E-state index contributed by atoms with van der Waals surface area (Å²) in [6, 6.07) is 9.56. The van der Waals surface area contributed by atoms with Gasteiger partial charge in [0.25, 0.3) is 0 Å². The molecule has 122 valence electrons. The molecular weight excluding hydrogens is 278 g/mol. The average Bonchev–Trinajstić information content (AvgIpc) is 2.49. The van der Waals surface area contributed by atoms with Crippen molar-refractivity contribution in [2.75, 3.05) is 13.6 Å². The van der Waals surface area contributed by atoms with Crippen molar-refractivity contribution < 1.29 is 14.3 Å². The predicted octanol–water partition coefficient (Wildman–Crippen LogP) is 2.82. The summed E-state index contributed by atoms with van der Waals surface area (Å²) in [6.45, 7) is 6.36. The first-order valence-corrected chi connectivity index (χ1v) is 7.81. The normalized spacial score (nSPS) is 13.7. The summed E-state index contributed by atoms with van der Waals surface area (Å²) < 4.78 is 5.42. The van der Waals surface area contributed by atoms with Crippen molar-refractivity contribution in [2.24, 2.45) is 17.8 Å². The second-order valence-corrected chi connectivity index (χ2v) is 6.10. The summed E-state index contributed by atoms with van der Waals surface area (Å²) in [6.07, 6.45) is 0.697. The molecule has 0 amide bonds. The highest BCUT2D eigenvalue weighted by Gasteiger charge is 2.32. The number of benzene rings is 1. The lowest BCUT2D eigenvalue weighted by Crippen LogP contribution is -2.37. The molecule has 0 aliphatic rings. The molecule has 1 aromatic carbocycles. The number of ether oxygens (including phenoxy) is 1. The van der Waals surface area contributed by atoms with Crippen LogP contribution in [0.2, 0.25) is 0 Å². The summed E-state index contributed by atoms with van der Waals surface area (Å²) in [5.74, 6) is -0.635. The maximum absolute atomic E-state index is 12.4. The Morgan fingerprint density at radius 2 is 1.77 bits per heavy atom. The number of carbonyl (C=O) groups excluding carboxylic acids is 2. The molecule has 4 nitrogen and oxygen atoms in total. The van der Waals surface area contributed by atoms with Gasteiger partial charge >= 0.3 is 5.97 Å². The minimum absolute atomic E-state index is 0.0469. The van der Waals surface area contributed by atoms with E-state index in [2.05, 4.69) is 19.2 Å². The summed E-state index contributed by atoms with van der Waals surface area (Å²) >= 11 is 0. The van der Waals surface area contributed by atoms with Gasteiger partial charge in [-0.05, 0) is 31.9 Å². The quantitative estimate of drug-likeness (QED) is 0.713. The van der Waals surface area contributed by atoms with Crippen LogP contribution in [0.15, 0.2) is 30.3 Å². The molecule has 0 radical (unpaired) electrons. The number of nitrogens with one attached hydrogen (secondary N) is 1. The number of hydrogen-bond donors (Lipinski definition) is 1. The van der Waals surface area contributed by atoms with Crippen molar-refractivity contribution in [3.8, 4) is 0 Å². The molecular formula is C18H27NO3. The first kappa shape index (κ1) is 18.4. The highest BCUT2D eigenvalue weighted by molar-refractivity contribution is 5.85. The first-order chi connectivity index (χ1) is 10.5. The molecule has 1 aromatic rings. The Balaban J connectivity index is 2.74. The summed E-state index contributed by atoms with van der Waals surface area (Å²) in [5, 5.41) is 3.00. The summed E-state index contributed by atoms with van der Waals surface area (Å²) in [7, 11) is 1.78. The van der Waals surface area contributed by atoms with Crippen LogP contribution in [0.5, 0.6) is 0 Å². The Morgan fingerprint density at radius 3 is 2.27 bits per heavy atom. The molecule has 0 aromatic heterocycles. The van der Waals surface area contributed by atoms with Gasteiger partial charge in [-0.3, -0.25) is 9.59 Å². The van der Waals surface area contributed by atoms with Gasteiger partial charge in [0, 0.05) is 12.5 Å². The first-order valence-electron chi connectivity index (χ1n) is 7.81. The molecule has 4 heteroatoms. The molecule has 0 bridgehead atoms. The van der Waals surface area contributed by atoms with Crippen LogP contribution < -0.4 is 5.32 Å². The SMILES string of the molecule is CNC[C@H](C(=O)OCc1ccccc1)[C@@H](CC(C)C)C(C)=O. The second-order valence-electron chi connectivity index (χ2n) is 6.10. The predicted molar refractivity (Wildman–Crippen MR) is 87.3 cm³/mol. The smallest absolute Gasteiger partial charge is 0.311 e. The number of esters is 1. The van der Waals surface area contributed by atoms with Gasteiger partial charge in [-0.25, -0.2) is 0 Å². The lowest BCUT2D eigenvalue weighted by molar-refractivity contribution is -0.154. The van der Waals surface area contributed by atoms with E-state index < -0.39 is 5.92 Å². The Bertz CT molecular complexity index is 470. The van der Waals surface area contributed by atoms with Crippen LogP contribution in [-0.2, 0) is 20.9 Å². The number of rotatable bonds is 9. The molecule has 22 heavy (non-hydrogen) atoms. The van der Waals surface area contributed by atoms with Crippen LogP contribution in [0.25, 0.3) is 0 Å². The third-order valence-electron chi connectivity index (χ3n) is 3.68. The minimum Gasteiger partial charge on any atom is -0.461 e. The minimum atomic E-state index is -0.436. The third-order valence-corrected chi connectivity index (χ3v) is 3.68. The van der Waals surface area contributed by atoms with E-state index in [0.717, 1.165) is 5.56 Å². The zero-order chi connectivity index (χ0) is 16.5. The number of ketones is 1. The fourth-order valence-electron chi connectivity index (χ4n) is 2.57. The van der Waals surface area contributed by atoms with Crippen LogP contribution in [0.4, 0.5) is 0 Å². The van der Waals surface area contributed by atoms with Gasteiger partial charge in [0.2, 0.25) is 0 Å². The molecule has 0 fully saturated rings. The van der Waals surface area contributed by atoms with Crippen molar-refractivity contribution in [1.82, 2.24) is 5.32 Å². The molecule has 0 aliphatic heterocycles. The molecule has 1 N–H and O–H groups in total. The molecule has 0 aliphatic carbocycles. The lowest BCUT2D eigenvalue weighted by atomic mass is 9.82.